The van der Waals surface area contributed by atoms with Crippen LogP contribution in [0.2, 0.25) is 5.02 Å². The first kappa shape index (κ1) is 21.5. The number of anilines is 1. The third-order valence-electron chi connectivity index (χ3n) is 5.54. The van der Waals surface area contributed by atoms with Gasteiger partial charge in [0.2, 0.25) is 0 Å². The summed E-state index contributed by atoms with van der Waals surface area (Å²) in [6, 6.07) is 13.0. The second-order valence-electron chi connectivity index (χ2n) is 7.59. The highest BCUT2D eigenvalue weighted by atomic mass is 35.5. The molecular weight excluding hydrogens is 460 g/mol. The average molecular weight is 481 g/mol. The molecule has 1 amide bonds. The largest absolute Gasteiger partial charge is 0.493 e. The molecule has 33 heavy (non-hydrogen) atoms. The summed E-state index contributed by atoms with van der Waals surface area (Å²) in [5.41, 5.74) is 2.55. The van der Waals surface area contributed by atoms with Crippen molar-refractivity contribution in [2.45, 2.75) is 13.0 Å². The highest BCUT2D eigenvalue weighted by Crippen LogP contribution is 2.37. The van der Waals surface area contributed by atoms with Crippen LogP contribution in [0.1, 0.15) is 21.2 Å². The van der Waals surface area contributed by atoms with E-state index in [2.05, 4.69) is 4.98 Å². The van der Waals surface area contributed by atoms with Gasteiger partial charge in [0.15, 0.2) is 11.5 Å². The molecule has 0 unspecified atom stereocenters. The van der Waals surface area contributed by atoms with Gasteiger partial charge in [0.25, 0.3) is 5.91 Å². The van der Waals surface area contributed by atoms with Crippen molar-refractivity contribution in [3.8, 4) is 22.1 Å². The molecule has 5 rings (SSSR count). The van der Waals surface area contributed by atoms with Crippen molar-refractivity contribution in [2.75, 3.05) is 18.6 Å². The fourth-order valence-corrected chi connectivity index (χ4v) is 4.91. The molecule has 3 heterocycles. The molecule has 0 radical (unpaired) electrons. The molecular formula is C24H21ClN4O3S. The van der Waals surface area contributed by atoms with Crippen molar-refractivity contribution in [1.29, 1.82) is 0 Å². The predicted octanol–water partition coefficient (Wildman–Crippen LogP) is 4.99. The van der Waals surface area contributed by atoms with Gasteiger partial charge in [-0.1, -0.05) is 23.7 Å². The predicted molar refractivity (Wildman–Crippen MR) is 128 cm³/mol. The molecule has 0 N–H and O–H groups in total. The summed E-state index contributed by atoms with van der Waals surface area (Å²) in [4.78, 5) is 24.7. The Hall–Kier alpha value is -3.36. The first-order valence-electron chi connectivity index (χ1n) is 10.4. The number of nitrogens with zero attached hydrogens (tertiary/aromatic N) is 4. The van der Waals surface area contributed by atoms with Crippen LogP contribution in [0.3, 0.4) is 0 Å². The minimum Gasteiger partial charge on any atom is -0.493 e. The lowest BCUT2D eigenvalue weighted by Crippen LogP contribution is -2.36. The Kier molecular flexibility index (Phi) is 5.78. The number of hydrogen-bond donors (Lipinski definition) is 0. The lowest BCUT2D eigenvalue weighted by molar-refractivity contribution is 0.0984. The molecule has 1 aliphatic heterocycles. The van der Waals surface area contributed by atoms with Gasteiger partial charge >= 0.3 is 0 Å². The third kappa shape index (κ3) is 4.19. The van der Waals surface area contributed by atoms with Gasteiger partial charge in [-0.05, 0) is 24.3 Å². The van der Waals surface area contributed by atoms with E-state index >= 15 is 0 Å². The van der Waals surface area contributed by atoms with Gasteiger partial charge in [0.05, 0.1) is 12.8 Å². The number of hydrogen-bond acceptors (Lipinski definition) is 6. The Balaban J connectivity index is 1.37. The Morgan fingerprint density at radius 2 is 1.97 bits per heavy atom. The maximum Gasteiger partial charge on any atom is 0.270 e. The van der Waals surface area contributed by atoms with Crippen LogP contribution in [0.25, 0.3) is 10.6 Å². The van der Waals surface area contributed by atoms with Gasteiger partial charge in [-0.2, -0.15) is 0 Å². The van der Waals surface area contributed by atoms with E-state index in [4.69, 9.17) is 26.1 Å². The molecule has 0 aliphatic carbocycles. The number of fused-ring (bicyclic) bond motifs is 1. The number of aromatic nitrogens is 3. The van der Waals surface area contributed by atoms with Crippen LogP contribution in [0.15, 0.2) is 54.9 Å². The molecule has 2 aromatic heterocycles. The lowest BCUT2D eigenvalue weighted by Gasteiger charge is -2.26. The van der Waals surface area contributed by atoms with Crippen LogP contribution in [0.4, 0.5) is 5.69 Å². The summed E-state index contributed by atoms with van der Waals surface area (Å²) in [6.07, 6.45) is 4.28. The van der Waals surface area contributed by atoms with Crippen LogP contribution in [0.5, 0.6) is 11.5 Å². The van der Waals surface area contributed by atoms with E-state index in [0.29, 0.717) is 41.0 Å². The maximum absolute atomic E-state index is 13.3. The van der Waals surface area contributed by atoms with E-state index < -0.39 is 0 Å². The molecule has 2 aromatic carbocycles. The van der Waals surface area contributed by atoms with E-state index in [-0.39, 0.29) is 5.91 Å². The van der Waals surface area contributed by atoms with Crippen LogP contribution in [-0.4, -0.2) is 34.1 Å². The van der Waals surface area contributed by atoms with Crippen LogP contribution < -0.4 is 14.4 Å². The Bertz CT molecular complexity index is 1320. The molecule has 0 atom stereocenters. The van der Waals surface area contributed by atoms with E-state index in [1.807, 2.05) is 60.3 Å². The maximum atomic E-state index is 13.3. The van der Waals surface area contributed by atoms with Gasteiger partial charge in [-0.25, -0.2) is 9.97 Å². The Labute approximate surface area is 200 Å². The first-order valence-corrected chi connectivity index (χ1v) is 11.6. The molecule has 0 saturated carbocycles. The number of carbonyl (C=O) groups is 1. The van der Waals surface area contributed by atoms with Crippen LogP contribution in [0, 0.1) is 0 Å². The molecule has 4 aromatic rings. The van der Waals surface area contributed by atoms with Crippen molar-refractivity contribution in [3.63, 3.8) is 0 Å². The number of benzene rings is 2. The van der Waals surface area contributed by atoms with Crippen LogP contribution in [-0.2, 0) is 20.1 Å². The number of halogens is 1. The highest BCUT2D eigenvalue weighted by Gasteiger charge is 2.30. The summed E-state index contributed by atoms with van der Waals surface area (Å²) in [5, 5.41) is 1.49. The van der Waals surface area contributed by atoms with E-state index in [0.717, 1.165) is 27.8 Å². The summed E-state index contributed by atoms with van der Waals surface area (Å²) < 4.78 is 13.4. The molecule has 168 valence electrons. The van der Waals surface area contributed by atoms with Gasteiger partial charge in [0.1, 0.15) is 22.3 Å². The van der Waals surface area contributed by atoms with Crippen molar-refractivity contribution in [3.05, 3.63) is 76.3 Å². The fraction of sp³-hybridized carbons (Fsp3) is 0.208. The molecule has 0 fully saturated rings. The number of amides is 1. The lowest BCUT2D eigenvalue weighted by atomic mass is 10.1. The minimum absolute atomic E-state index is 0.0577. The van der Waals surface area contributed by atoms with E-state index in [1.54, 1.807) is 18.2 Å². The average Bonchev–Trinajstić information content (AvgIpc) is 3.45. The zero-order chi connectivity index (χ0) is 22.9. The monoisotopic (exact) mass is 480 g/mol. The van der Waals surface area contributed by atoms with E-state index in [9.17, 15) is 4.79 Å². The first-order chi connectivity index (χ1) is 16.0. The molecule has 0 spiro atoms. The standard InChI is InChI=1S/C24H21ClN4O3S/c1-28-12-10-26-21(28)14-32-19-8-7-17(13-20(19)31-2)29-11-9-18-22(24(29)30)33-23(27-18)15-3-5-16(25)6-4-15/h3-8,10,12-13H,9,11,14H2,1-2H3. The Morgan fingerprint density at radius 3 is 2.70 bits per heavy atom. The zero-order valence-corrected chi connectivity index (χ0v) is 19.7. The van der Waals surface area contributed by atoms with Crippen molar-refractivity contribution in [2.24, 2.45) is 7.05 Å². The molecule has 9 heteroatoms. The summed E-state index contributed by atoms with van der Waals surface area (Å²) >= 11 is 7.41. The number of ether oxygens (including phenoxy) is 2. The van der Waals surface area contributed by atoms with Gasteiger partial charge in [-0.15, -0.1) is 11.3 Å². The smallest absolute Gasteiger partial charge is 0.270 e. The Morgan fingerprint density at radius 1 is 1.15 bits per heavy atom. The summed E-state index contributed by atoms with van der Waals surface area (Å²) in [7, 11) is 3.50. The number of imidazole rings is 1. The van der Waals surface area contributed by atoms with Gasteiger partial charge in [-0.3, -0.25) is 4.79 Å². The highest BCUT2D eigenvalue weighted by molar-refractivity contribution is 7.17. The fourth-order valence-electron chi connectivity index (χ4n) is 3.71. The number of carbonyl (C=O) groups excluding carboxylic acids is 1. The van der Waals surface area contributed by atoms with Gasteiger partial charge < -0.3 is 18.9 Å². The zero-order valence-electron chi connectivity index (χ0n) is 18.1. The second kappa shape index (κ2) is 8.88. The number of methoxy groups -OCH3 is 1. The SMILES string of the molecule is COc1cc(N2CCc3nc(-c4ccc(Cl)cc4)sc3C2=O)ccc1OCc1nccn1C. The van der Waals surface area contributed by atoms with E-state index in [1.165, 1.54) is 11.3 Å². The second-order valence-corrected chi connectivity index (χ2v) is 9.02. The third-order valence-corrected chi connectivity index (χ3v) is 6.92. The van der Waals surface area contributed by atoms with Crippen molar-refractivity contribution < 1.29 is 14.3 Å². The topological polar surface area (TPSA) is 69.5 Å². The normalized spacial score (nSPS) is 13.2. The van der Waals surface area contributed by atoms with Crippen molar-refractivity contribution in [1.82, 2.24) is 14.5 Å². The quantitative estimate of drug-likeness (QED) is 0.389. The molecule has 0 saturated heterocycles. The number of thiazole rings is 1. The number of rotatable bonds is 6. The minimum atomic E-state index is -0.0577. The molecule has 0 bridgehead atoms. The molecule has 1 aliphatic rings. The molecule has 7 nitrogen and oxygen atoms in total. The van der Waals surface area contributed by atoms with Gasteiger partial charge in [0, 0.05) is 54.7 Å². The number of aryl methyl sites for hydroxylation is 1. The van der Waals surface area contributed by atoms with Crippen LogP contribution >= 0.6 is 22.9 Å². The summed E-state index contributed by atoms with van der Waals surface area (Å²) in [6.45, 7) is 0.867. The van der Waals surface area contributed by atoms with Crippen molar-refractivity contribution >= 4 is 34.5 Å². The summed E-state index contributed by atoms with van der Waals surface area (Å²) in [5.74, 6) is 1.91.